The van der Waals surface area contributed by atoms with Crippen LogP contribution in [0.2, 0.25) is 0 Å². The lowest BCUT2D eigenvalue weighted by molar-refractivity contribution is -0.126. The highest BCUT2D eigenvalue weighted by Gasteiger charge is 1.93. The molecule has 6 aromatic carbocycles. The minimum absolute atomic E-state index is 0.375. The fourth-order valence-corrected chi connectivity index (χ4v) is 3.78. The molecule has 6 aromatic rings. The van der Waals surface area contributed by atoms with Crippen molar-refractivity contribution in [1.29, 1.82) is 0 Å². The van der Waals surface area contributed by atoms with Crippen molar-refractivity contribution in [2.45, 2.75) is 48.0 Å². The van der Waals surface area contributed by atoms with E-state index in [2.05, 4.69) is 174 Å². The van der Waals surface area contributed by atoms with Gasteiger partial charge in [0.25, 0.3) is 19.4 Å². The second-order valence-corrected chi connectivity index (χ2v) is 9.90. The maximum Gasteiger partial charge on any atom is 0.292 e. The third-order valence-corrected chi connectivity index (χ3v) is 5.93. The van der Waals surface area contributed by atoms with Gasteiger partial charge in [-0.3, -0.25) is 14.4 Å². The Morgan fingerprint density at radius 3 is 0.473 bits per heavy atom. The molecule has 0 unspecified atom stereocenters. The molecule has 0 saturated heterocycles. The Hall–Kier alpha value is -6.27. The Morgan fingerprint density at radius 2 is 0.400 bits per heavy atom. The van der Waals surface area contributed by atoms with Gasteiger partial charge in [0.15, 0.2) is 0 Å². The van der Waals surface area contributed by atoms with Gasteiger partial charge in [-0.15, -0.1) is 0 Å². The van der Waals surface area contributed by atoms with E-state index in [1.807, 2.05) is 64.1 Å². The fraction of sp³-hybridized carbons (Fsp3) is 0.204. The molecule has 294 valence electrons. The highest BCUT2D eigenvalue weighted by atomic mass is 16.5. The van der Waals surface area contributed by atoms with Gasteiger partial charge in [-0.05, 0) is 33.4 Å². The van der Waals surface area contributed by atoms with Gasteiger partial charge in [-0.2, -0.15) is 0 Å². The van der Waals surface area contributed by atoms with Gasteiger partial charge in [0.05, 0.1) is 21.3 Å². The van der Waals surface area contributed by atoms with Crippen LogP contribution in [0.15, 0.2) is 182 Å². The molecule has 0 aliphatic heterocycles. The monoisotopic (exact) mass is 746 g/mol. The van der Waals surface area contributed by atoms with Crippen LogP contribution in [0.1, 0.15) is 48.0 Å². The molecule has 0 amide bonds. The van der Waals surface area contributed by atoms with Crippen molar-refractivity contribution >= 4 is 19.4 Å². The summed E-state index contributed by atoms with van der Waals surface area (Å²) in [6, 6.07) is 62.3. The van der Waals surface area contributed by atoms with E-state index in [4.69, 9.17) is 14.4 Å². The smallest absolute Gasteiger partial charge is 0.292 e. The van der Waals surface area contributed by atoms with E-state index in [0.29, 0.717) is 19.4 Å². The van der Waals surface area contributed by atoms with E-state index < -0.39 is 0 Å². The van der Waals surface area contributed by atoms with E-state index in [0.717, 1.165) is 0 Å². The summed E-state index contributed by atoms with van der Waals surface area (Å²) in [7, 11) is 3.94. The summed E-state index contributed by atoms with van der Waals surface area (Å²) in [5, 5.41) is 0. The van der Waals surface area contributed by atoms with Crippen molar-refractivity contribution in [1.82, 2.24) is 0 Å². The molecule has 0 radical (unpaired) electrons. The second kappa shape index (κ2) is 43.9. The van der Waals surface area contributed by atoms with Gasteiger partial charge < -0.3 is 14.2 Å². The summed E-state index contributed by atoms with van der Waals surface area (Å²) < 4.78 is 11.6. The molecular weight excluding hydrogens is 685 g/mol. The van der Waals surface area contributed by atoms with Gasteiger partial charge in [-0.1, -0.05) is 230 Å². The van der Waals surface area contributed by atoms with Gasteiger partial charge >= 0.3 is 0 Å². The molecule has 0 bridgehead atoms. The third kappa shape index (κ3) is 31.0. The molecule has 6 nitrogen and oxygen atoms in total. The highest BCUT2D eigenvalue weighted by Crippen LogP contribution is 2.19. The highest BCUT2D eigenvalue weighted by molar-refractivity contribution is 5.64. The zero-order valence-corrected chi connectivity index (χ0v) is 34.2. The lowest BCUT2D eigenvalue weighted by Gasteiger charge is -1.98. The molecule has 0 N–H and O–H groups in total. The molecule has 6 heteroatoms. The number of ether oxygens (including phenoxy) is 3. The van der Waals surface area contributed by atoms with Crippen LogP contribution in [-0.4, -0.2) is 40.7 Å². The van der Waals surface area contributed by atoms with Crippen LogP contribution in [0.4, 0.5) is 0 Å². The van der Waals surface area contributed by atoms with Crippen LogP contribution < -0.4 is 0 Å². The minimum Gasteiger partial charge on any atom is -0.471 e. The molecule has 0 fully saturated rings. The molecule has 6 rings (SSSR count). The molecule has 0 aliphatic carbocycles. The minimum atomic E-state index is 0.375. The fourth-order valence-electron chi connectivity index (χ4n) is 3.78. The predicted octanol–water partition coefficient (Wildman–Crippen LogP) is 12.9. The Kier molecular flexibility index (Phi) is 42.4. The number of benzene rings is 6. The Labute approximate surface area is 331 Å². The molecular formula is C49H62O6. The SMILES string of the molecule is CC.CC.CCC.COC=O.COC=O.COC=O.c1ccc(-c2ccccc2)cc1.c1ccc(-c2ccccc2)cc1.c1ccc(-c2ccccc2)cc1. The zero-order valence-electron chi connectivity index (χ0n) is 34.2. The van der Waals surface area contributed by atoms with Crippen LogP contribution in [0, 0.1) is 0 Å². The average molecular weight is 747 g/mol. The van der Waals surface area contributed by atoms with Crippen LogP contribution in [-0.2, 0) is 28.6 Å². The lowest BCUT2D eigenvalue weighted by Crippen LogP contribution is -1.73. The van der Waals surface area contributed by atoms with Crippen molar-refractivity contribution in [3.63, 3.8) is 0 Å². The van der Waals surface area contributed by atoms with Crippen LogP contribution in [0.25, 0.3) is 33.4 Å². The quantitative estimate of drug-likeness (QED) is 0.125. The summed E-state index contributed by atoms with van der Waals surface area (Å²) >= 11 is 0. The molecule has 0 aliphatic rings. The number of methoxy groups -OCH3 is 3. The van der Waals surface area contributed by atoms with Gasteiger partial charge in [-0.25, -0.2) is 0 Å². The normalized spacial score (nSPS) is 8.02. The standard InChI is InChI=1S/3C12H10.C3H8.3C2H4O2.2C2H6/c3*1-3-7-11(8-4-1)12-9-5-2-6-10-12;1-3-2;3*1-4-2-3;2*1-2/h3*1-10H;3H2,1-2H3;3*2H,1H3;2*1-2H3. The first-order valence-electron chi connectivity index (χ1n) is 18.3. The lowest BCUT2D eigenvalue weighted by atomic mass is 10.1. The van der Waals surface area contributed by atoms with Crippen LogP contribution in [0.3, 0.4) is 0 Å². The Morgan fingerprint density at radius 1 is 0.309 bits per heavy atom. The van der Waals surface area contributed by atoms with Crippen molar-refractivity contribution in [2.75, 3.05) is 21.3 Å². The van der Waals surface area contributed by atoms with Gasteiger partial charge in [0, 0.05) is 0 Å². The molecule has 0 aromatic heterocycles. The van der Waals surface area contributed by atoms with Gasteiger partial charge in [0.2, 0.25) is 0 Å². The van der Waals surface area contributed by atoms with Crippen LogP contribution in [0.5, 0.6) is 0 Å². The number of hydrogen-bond acceptors (Lipinski definition) is 6. The molecule has 0 saturated carbocycles. The molecule has 0 spiro atoms. The second-order valence-electron chi connectivity index (χ2n) is 9.90. The third-order valence-electron chi connectivity index (χ3n) is 5.93. The Balaban J connectivity index is -0.000000603. The summed E-state index contributed by atoms with van der Waals surface area (Å²) in [5.41, 5.74) is 7.66. The first-order chi connectivity index (χ1) is 27.1. The largest absolute Gasteiger partial charge is 0.471 e. The first-order valence-corrected chi connectivity index (χ1v) is 18.3. The summed E-state index contributed by atoms with van der Waals surface area (Å²) in [5.74, 6) is 0. The number of carbonyl (C=O) groups is 3. The predicted molar refractivity (Wildman–Crippen MR) is 234 cm³/mol. The maximum absolute atomic E-state index is 8.95. The van der Waals surface area contributed by atoms with E-state index in [-0.39, 0.29) is 0 Å². The molecule has 0 heterocycles. The average Bonchev–Trinajstić information content (AvgIpc) is 3.30. The topological polar surface area (TPSA) is 78.9 Å². The van der Waals surface area contributed by atoms with Gasteiger partial charge in [0.1, 0.15) is 0 Å². The number of carbonyl (C=O) groups excluding carboxylic acids is 3. The van der Waals surface area contributed by atoms with E-state index in [1.165, 1.54) is 61.1 Å². The van der Waals surface area contributed by atoms with Crippen molar-refractivity contribution in [3.8, 4) is 33.4 Å². The van der Waals surface area contributed by atoms with Crippen molar-refractivity contribution < 1.29 is 28.6 Å². The van der Waals surface area contributed by atoms with E-state index in [9.17, 15) is 0 Å². The maximum atomic E-state index is 8.95. The van der Waals surface area contributed by atoms with Crippen molar-refractivity contribution in [2.24, 2.45) is 0 Å². The van der Waals surface area contributed by atoms with Crippen LogP contribution >= 0.6 is 0 Å². The van der Waals surface area contributed by atoms with E-state index >= 15 is 0 Å². The van der Waals surface area contributed by atoms with E-state index in [1.54, 1.807) is 0 Å². The van der Waals surface area contributed by atoms with Crippen molar-refractivity contribution in [3.05, 3.63) is 182 Å². The Bertz CT molecular complexity index is 1290. The number of hydrogen-bond donors (Lipinski definition) is 0. The number of rotatable bonds is 6. The summed E-state index contributed by atoms with van der Waals surface area (Å²) in [6.07, 6.45) is 1.25. The molecule has 55 heavy (non-hydrogen) atoms. The first kappa shape index (κ1) is 53.1. The summed E-state index contributed by atoms with van der Waals surface area (Å²) in [4.78, 5) is 26.9. The zero-order chi connectivity index (χ0) is 41.6. The molecule has 0 atom stereocenters. The summed E-state index contributed by atoms with van der Waals surface area (Å²) in [6.45, 7) is 13.4.